The van der Waals surface area contributed by atoms with Gasteiger partial charge < -0.3 is 20.0 Å². The number of nitriles is 1. The van der Waals surface area contributed by atoms with Crippen molar-refractivity contribution < 1.29 is 9.53 Å². The summed E-state index contributed by atoms with van der Waals surface area (Å²) in [5, 5.41) is 10.6. The number of nitrogens with one attached hydrogen (secondary N) is 1. The highest BCUT2D eigenvalue weighted by Gasteiger charge is 2.15. The number of aryl methyl sites for hydroxylation is 1. The molecule has 194 valence electrons. The van der Waals surface area contributed by atoms with E-state index in [2.05, 4.69) is 9.97 Å². The van der Waals surface area contributed by atoms with Gasteiger partial charge in [0.1, 0.15) is 35.2 Å². The quantitative estimate of drug-likeness (QED) is 0.302. The second kappa shape index (κ2) is 10.8. The number of carbonyl (C=O) groups excluding carboxylic acids is 1. The summed E-state index contributed by atoms with van der Waals surface area (Å²) in [5.41, 5.74) is 9.94. The number of ether oxygens (including phenoxy) is 1. The fourth-order valence-electron chi connectivity index (χ4n) is 4.45. The van der Waals surface area contributed by atoms with E-state index in [-0.39, 0.29) is 18.7 Å². The first-order valence-corrected chi connectivity index (χ1v) is 12.4. The number of hydrogen-bond donors (Lipinski definition) is 2. The van der Waals surface area contributed by atoms with E-state index in [9.17, 15) is 14.9 Å². The summed E-state index contributed by atoms with van der Waals surface area (Å²) in [5.74, 6) is 0.0556. The van der Waals surface area contributed by atoms with E-state index in [0.717, 1.165) is 22.3 Å². The van der Waals surface area contributed by atoms with Gasteiger partial charge in [-0.15, -0.1) is 0 Å². The number of nitrogens with two attached hydrogens (primary N) is 1. The van der Waals surface area contributed by atoms with Crippen molar-refractivity contribution in [3.63, 3.8) is 0 Å². The predicted molar refractivity (Wildman–Crippen MR) is 147 cm³/mol. The highest BCUT2D eigenvalue weighted by molar-refractivity contribution is 6.31. The molecule has 5 rings (SSSR count). The average Bonchev–Trinajstić information content (AvgIpc) is 3.38. The number of pyridine rings is 3. The zero-order valence-electron chi connectivity index (χ0n) is 20.9. The highest BCUT2D eigenvalue weighted by Crippen LogP contribution is 2.30. The Labute approximate surface area is 228 Å². The number of primary amides is 1. The number of rotatable bonds is 8. The maximum atomic E-state index is 12.6. The number of aromatic amines is 1. The van der Waals surface area contributed by atoms with Crippen molar-refractivity contribution in [3.8, 4) is 11.8 Å². The molecule has 0 saturated heterocycles. The Morgan fingerprint density at radius 3 is 2.82 bits per heavy atom. The maximum Gasteiger partial charge on any atom is 0.268 e. The zero-order chi connectivity index (χ0) is 27.5. The van der Waals surface area contributed by atoms with Gasteiger partial charge in [0.05, 0.1) is 17.3 Å². The van der Waals surface area contributed by atoms with E-state index in [1.807, 2.05) is 43.3 Å². The molecule has 0 fully saturated rings. The van der Waals surface area contributed by atoms with Crippen LogP contribution in [-0.2, 0) is 19.6 Å². The molecule has 1 aromatic carbocycles. The molecule has 0 aliphatic rings. The lowest BCUT2D eigenvalue weighted by atomic mass is 10.0. The molecule has 0 saturated carbocycles. The van der Waals surface area contributed by atoms with Gasteiger partial charge in [0.15, 0.2) is 0 Å². The first-order valence-electron chi connectivity index (χ1n) is 12.1. The molecule has 5 aromatic rings. The molecule has 39 heavy (non-hydrogen) atoms. The molecule has 10 heteroatoms. The van der Waals surface area contributed by atoms with Crippen LogP contribution in [0.2, 0.25) is 5.02 Å². The fourth-order valence-corrected chi connectivity index (χ4v) is 4.67. The maximum absolute atomic E-state index is 12.6. The third-order valence-electron chi connectivity index (χ3n) is 6.33. The molecule has 4 heterocycles. The van der Waals surface area contributed by atoms with Crippen LogP contribution in [0.4, 0.5) is 0 Å². The number of halogens is 1. The predicted octanol–water partition coefficient (Wildman–Crippen LogP) is 4.27. The van der Waals surface area contributed by atoms with Crippen LogP contribution < -0.4 is 16.0 Å². The molecule has 1 amide bonds. The summed E-state index contributed by atoms with van der Waals surface area (Å²) in [6.45, 7) is 2.14. The molecular weight excluding hydrogens is 516 g/mol. The smallest absolute Gasteiger partial charge is 0.268 e. The van der Waals surface area contributed by atoms with Gasteiger partial charge in [0.2, 0.25) is 0 Å². The number of fused-ring (bicyclic) bond motifs is 1. The average molecular weight is 539 g/mol. The first kappa shape index (κ1) is 25.7. The third-order valence-corrected chi connectivity index (χ3v) is 6.68. The van der Waals surface area contributed by atoms with Crippen molar-refractivity contribution >= 4 is 28.4 Å². The third kappa shape index (κ3) is 5.37. The molecule has 3 N–H and O–H groups in total. The minimum absolute atomic E-state index is 0.0514. The summed E-state index contributed by atoms with van der Waals surface area (Å²) in [6.07, 6.45) is 3.72. The lowest BCUT2D eigenvalue weighted by Crippen LogP contribution is -2.23. The van der Waals surface area contributed by atoms with Crippen molar-refractivity contribution in [2.75, 3.05) is 0 Å². The van der Waals surface area contributed by atoms with Crippen LogP contribution in [0.1, 0.15) is 44.3 Å². The molecule has 0 radical (unpaired) electrons. The Bertz CT molecular complexity index is 1820. The summed E-state index contributed by atoms with van der Waals surface area (Å²) in [6, 6.07) is 17.9. The minimum atomic E-state index is -0.510. The molecule has 0 aliphatic carbocycles. The standard InChI is InChI=1S/C29H23ClN6O3/c1-17-12-19(13-20-7-8-24(35-20)28(32)37)21-5-2-6-26(27(21)34-17)39-16-22-23(30)9-10-33-25(22)15-36-11-3-4-18(14-31)29(36)38/h2-12,35H,13,15-16H2,1H3,(H2,32,37). The van der Waals surface area contributed by atoms with Gasteiger partial charge in [-0.2, -0.15) is 5.26 Å². The topological polar surface area (TPSA) is 140 Å². The van der Waals surface area contributed by atoms with Crippen LogP contribution in [0.3, 0.4) is 0 Å². The number of nitrogens with zero attached hydrogens (tertiary/aromatic N) is 4. The molecule has 9 nitrogen and oxygen atoms in total. The van der Waals surface area contributed by atoms with Crippen LogP contribution in [-0.4, -0.2) is 25.4 Å². The lowest BCUT2D eigenvalue weighted by molar-refractivity contribution is 0.0996. The van der Waals surface area contributed by atoms with Gasteiger partial charge in [-0.25, -0.2) is 4.98 Å². The molecular formula is C29H23ClN6O3. The summed E-state index contributed by atoms with van der Waals surface area (Å²) in [4.78, 5) is 36.3. The van der Waals surface area contributed by atoms with Gasteiger partial charge >= 0.3 is 0 Å². The van der Waals surface area contributed by atoms with Crippen molar-refractivity contribution in [2.45, 2.75) is 26.5 Å². The van der Waals surface area contributed by atoms with Crippen molar-refractivity contribution in [1.29, 1.82) is 5.26 Å². The monoisotopic (exact) mass is 538 g/mol. The fraction of sp³-hybridized carbons (Fsp3) is 0.138. The molecule has 4 aromatic heterocycles. The largest absolute Gasteiger partial charge is 0.486 e. The normalized spacial score (nSPS) is 10.9. The van der Waals surface area contributed by atoms with E-state index < -0.39 is 11.5 Å². The first-order chi connectivity index (χ1) is 18.8. The lowest BCUT2D eigenvalue weighted by Gasteiger charge is -2.15. The SMILES string of the molecule is Cc1cc(Cc2ccc(C(N)=O)[nH]2)c2cccc(OCc3c(Cl)ccnc3Cn3cccc(C#N)c3=O)c2n1. The number of hydrogen-bond acceptors (Lipinski definition) is 6. The number of para-hydroxylation sites is 1. The van der Waals surface area contributed by atoms with Gasteiger partial charge in [-0.3, -0.25) is 14.6 Å². The van der Waals surface area contributed by atoms with Crippen molar-refractivity contribution in [3.05, 3.63) is 122 Å². The molecule has 0 bridgehead atoms. The number of benzene rings is 1. The van der Waals surface area contributed by atoms with Gasteiger partial charge in [0.25, 0.3) is 11.5 Å². The van der Waals surface area contributed by atoms with Crippen LogP contribution >= 0.6 is 11.6 Å². The van der Waals surface area contributed by atoms with Gasteiger partial charge in [-0.1, -0.05) is 23.7 Å². The zero-order valence-corrected chi connectivity index (χ0v) is 21.7. The number of H-pyrrole nitrogens is 1. The van der Waals surface area contributed by atoms with E-state index in [1.165, 1.54) is 10.6 Å². The Hall–Kier alpha value is -4.94. The summed E-state index contributed by atoms with van der Waals surface area (Å²) >= 11 is 6.53. The van der Waals surface area contributed by atoms with E-state index >= 15 is 0 Å². The minimum Gasteiger partial charge on any atom is -0.486 e. The highest BCUT2D eigenvalue weighted by atomic mass is 35.5. The van der Waals surface area contributed by atoms with E-state index in [4.69, 9.17) is 27.1 Å². The van der Waals surface area contributed by atoms with Crippen LogP contribution in [0, 0.1) is 18.3 Å². The Kier molecular flexibility index (Phi) is 7.12. The van der Waals surface area contributed by atoms with Crippen molar-refractivity contribution in [2.24, 2.45) is 5.73 Å². The molecule has 0 aliphatic heterocycles. The Morgan fingerprint density at radius 2 is 2.05 bits per heavy atom. The van der Waals surface area contributed by atoms with Crippen LogP contribution in [0.5, 0.6) is 5.75 Å². The molecule has 0 spiro atoms. The van der Waals surface area contributed by atoms with E-state index in [1.54, 1.807) is 30.6 Å². The number of aromatic nitrogens is 4. The summed E-state index contributed by atoms with van der Waals surface area (Å²) < 4.78 is 7.66. The Balaban J connectivity index is 1.45. The Morgan fingerprint density at radius 1 is 1.21 bits per heavy atom. The molecule has 0 unspecified atom stereocenters. The molecule has 0 atom stereocenters. The second-order valence-corrected chi connectivity index (χ2v) is 9.39. The number of carbonyl (C=O) groups is 1. The van der Waals surface area contributed by atoms with Crippen LogP contribution in [0.15, 0.2) is 71.8 Å². The van der Waals surface area contributed by atoms with Crippen molar-refractivity contribution in [1.82, 2.24) is 19.5 Å². The summed E-state index contributed by atoms with van der Waals surface area (Å²) in [7, 11) is 0. The second-order valence-electron chi connectivity index (χ2n) is 8.99. The van der Waals surface area contributed by atoms with Crippen LogP contribution in [0.25, 0.3) is 10.9 Å². The van der Waals surface area contributed by atoms with Gasteiger partial charge in [0, 0.05) is 41.2 Å². The van der Waals surface area contributed by atoms with Gasteiger partial charge in [-0.05, 0) is 55.0 Å². The van der Waals surface area contributed by atoms with E-state index in [0.29, 0.717) is 39.7 Å². The number of amides is 1.